The first-order chi connectivity index (χ1) is 34.0. The molecular weight excluding hydrogens is 901 g/mol. The first kappa shape index (κ1) is 77.7. The van der Waals surface area contributed by atoms with E-state index in [4.69, 9.17) is 28.4 Å². The number of hydrogen-bond acceptors (Lipinski definition) is 12. The second-order valence-corrected chi connectivity index (χ2v) is 16.9. The molecule has 0 rings (SSSR count). The molecule has 0 saturated heterocycles. The van der Waals surface area contributed by atoms with Gasteiger partial charge in [-0.05, 0) is 59.3 Å². The summed E-state index contributed by atoms with van der Waals surface area (Å²) in [6.45, 7) is 41.6. The number of hydrogen-bond donors (Lipinski definition) is 0. The highest BCUT2D eigenvalue weighted by Gasteiger charge is 2.03. The van der Waals surface area contributed by atoms with Gasteiger partial charge >= 0.3 is 35.8 Å². The molecule has 0 aromatic carbocycles. The second-order valence-electron chi connectivity index (χ2n) is 16.9. The summed E-state index contributed by atoms with van der Waals surface area (Å²) >= 11 is 0. The Morgan fingerprint density at radius 3 is 0.592 bits per heavy atom. The van der Waals surface area contributed by atoms with Gasteiger partial charge in [0.05, 0.1) is 39.6 Å². The summed E-state index contributed by atoms with van der Waals surface area (Å²) in [4.78, 5) is 64.2. The number of carbonyl (C=O) groups excluding carboxylic acids is 6. The van der Waals surface area contributed by atoms with E-state index in [-0.39, 0.29) is 35.8 Å². The smallest absolute Gasteiger partial charge is 0.333 e. The molecule has 0 amide bonds. The first-order valence-corrected chi connectivity index (χ1v) is 26.8. The Balaban J connectivity index is -0.000000179. The van der Waals surface area contributed by atoms with E-state index in [1.165, 1.54) is 108 Å². The quantitative estimate of drug-likeness (QED) is 0.0250. The molecule has 0 atom stereocenters. The van der Waals surface area contributed by atoms with Gasteiger partial charge in [0, 0.05) is 34.9 Å². The van der Waals surface area contributed by atoms with Gasteiger partial charge in [-0.25, -0.2) is 28.8 Å². The van der Waals surface area contributed by atoms with E-state index < -0.39 is 0 Å². The second kappa shape index (κ2) is 67.3. The van der Waals surface area contributed by atoms with Gasteiger partial charge in [0.25, 0.3) is 0 Å². The number of ether oxygens (including phenoxy) is 6. The third-order valence-corrected chi connectivity index (χ3v) is 9.47. The van der Waals surface area contributed by atoms with Crippen molar-refractivity contribution in [2.45, 2.75) is 229 Å². The van der Waals surface area contributed by atoms with Crippen LogP contribution < -0.4 is 0 Å². The predicted molar refractivity (Wildman–Crippen MR) is 295 cm³/mol. The average molecular weight is 1010 g/mol. The molecule has 0 saturated carbocycles. The van der Waals surface area contributed by atoms with Gasteiger partial charge in [-0.1, -0.05) is 209 Å². The van der Waals surface area contributed by atoms with E-state index in [2.05, 4.69) is 81.0 Å². The summed E-state index contributed by atoms with van der Waals surface area (Å²) in [5.41, 5.74) is 1.43. The Bertz CT molecular complexity index is 1280. The van der Waals surface area contributed by atoms with Crippen molar-refractivity contribution in [2.75, 3.05) is 39.6 Å². The lowest BCUT2D eigenvalue weighted by Crippen LogP contribution is -2.05. The minimum absolute atomic E-state index is 0.268. The fourth-order valence-electron chi connectivity index (χ4n) is 5.09. The SMILES string of the molecule is C=C(C)C(=O)OCCCCCC.C=C(C)C(=O)OCCCCCC.C=C(C)C(=O)OCCCCCCC.C=CC(=O)OCCCCCC.C=CC(=O)OCCCCCC.C=CC(=O)OCCCCCCC. The Labute approximate surface area is 434 Å². The van der Waals surface area contributed by atoms with Crippen LogP contribution in [0.4, 0.5) is 0 Å². The van der Waals surface area contributed by atoms with Crippen LogP contribution in [0, 0.1) is 0 Å². The third-order valence-electron chi connectivity index (χ3n) is 9.47. The van der Waals surface area contributed by atoms with Gasteiger partial charge in [0.15, 0.2) is 0 Å². The third kappa shape index (κ3) is 79.7. The monoisotopic (exact) mass is 1010 g/mol. The molecule has 0 N–H and O–H groups in total. The van der Waals surface area contributed by atoms with E-state index in [0.717, 1.165) is 77.0 Å². The lowest BCUT2D eigenvalue weighted by Gasteiger charge is -2.03. The fraction of sp³-hybridized carbons (Fsp3) is 0.695. The normalized spacial score (nSPS) is 9.42. The Kier molecular flexibility index (Phi) is 73.7. The standard InChI is InChI=1S/C11H20O2.3C10H18O2.2C9H16O2/c1-4-5-6-7-8-9-13-11(12)10(2)3;2*1-4-5-6-7-8-12-10(11)9(2)3;1-3-5-6-7-8-9-12-10(11)4-2;2*1-3-5-6-7-8-11-9(10)4-2/h2,4-9H2,1,3H3;2*2,4-8H2,1,3H3;4H,2-3,5-9H2,1H3;2*4H,2-3,5-8H2,1H3. The largest absolute Gasteiger partial charge is 0.463 e. The summed E-state index contributed by atoms with van der Waals surface area (Å²) in [5, 5.41) is 0. The zero-order valence-corrected chi connectivity index (χ0v) is 47.0. The van der Waals surface area contributed by atoms with E-state index in [1.807, 2.05) is 0 Å². The van der Waals surface area contributed by atoms with Crippen LogP contribution in [0.25, 0.3) is 0 Å². The van der Waals surface area contributed by atoms with Crippen LogP contribution in [-0.4, -0.2) is 75.5 Å². The van der Waals surface area contributed by atoms with Gasteiger partial charge in [-0.15, -0.1) is 0 Å². The van der Waals surface area contributed by atoms with E-state index >= 15 is 0 Å². The molecule has 0 aliphatic carbocycles. The maximum atomic E-state index is 10.9. The zero-order valence-electron chi connectivity index (χ0n) is 47.0. The van der Waals surface area contributed by atoms with E-state index in [1.54, 1.807) is 20.8 Å². The molecule has 0 heterocycles. The van der Waals surface area contributed by atoms with Crippen molar-refractivity contribution in [1.29, 1.82) is 0 Å². The van der Waals surface area contributed by atoms with Gasteiger partial charge < -0.3 is 28.4 Å². The molecule has 0 aliphatic heterocycles. The molecular formula is C59H106O12. The number of carbonyl (C=O) groups is 6. The molecule has 0 bridgehead atoms. The molecule has 12 heteroatoms. The van der Waals surface area contributed by atoms with Gasteiger partial charge in [0.1, 0.15) is 0 Å². The highest BCUT2D eigenvalue weighted by Crippen LogP contribution is 2.05. The summed E-state index contributed by atoms with van der Waals surface area (Å²) in [6, 6.07) is 0. The maximum absolute atomic E-state index is 10.9. The summed E-state index contributed by atoms with van der Waals surface area (Å²) in [5.74, 6) is -1.76. The molecule has 414 valence electrons. The molecule has 0 unspecified atom stereocenters. The predicted octanol–water partition coefficient (Wildman–Crippen LogP) is 15.7. The van der Waals surface area contributed by atoms with Crippen LogP contribution in [0.1, 0.15) is 229 Å². The highest BCUT2D eigenvalue weighted by atomic mass is 16.5. The lowest BCUT2D eigenvalue weighted by atomic mass is 10.2. The van der Waals surface area contributed by atoms with Crippen LogP contribution >= 0.6 is 0 Å². The van der Waals surface area contributed by atoms with Crippen molar-refractivity contribution in [3.63, 3.8) is 0 Å². The van der Waals surface area contributed by atoms with Crippen LogP contribution in [0.3, 0.4) is 0 Å². The molecule has 0 aliphatic rings. The fourth-order valence-corrected chi connectivity index (χ4v) is 5.09. The summed E-state index contributed by atoms with van der Waals surface area (Å²) in [7, 11) is 0. The van der Waals surface area contributed by atoms with Crippen molar-refractivity contribution in [2.24, 2.45) is 0 Å². The van der Waals surface area contributed by atoms with E-state index in [9.17, 15) is 28.8 Å². The average Bonchev–Trinajstić information content (AvgIpc) is 3.36. The van der Waals surface area contributed by atoms with Gasteiger partial charge in [0.2, 0.25) is 0 Å². The number of unbranched alkanes of at least 4 members (excludes halogenated alkanes) is 20. The number of esters is 6. The maximum Gasteiger partial charge on any atom is 0.333 e. The zero-order chi connectivity index (χ0) is 55.2. The topological polar surface area (TPSA) is 158 Å². The van der Waals surface area contributed by atoms with Crippen molar-refractivity contribution in [1.82, 2.24) is 0 Å². The molecule has 0 radical (unpaired) electrons. The Hall–Kier alpha value is -4.74. The summed E-state index contributed by atoms with van der Waals surface area (Å²) in [6.07, 6.45) is 33.4. The van der Waals surface area contributed by atoms with Crippen molar-refractivity contribution >= 4 is 35.8 Å². The van der Waals surface area contributed by atoms with Gasteiger partial charge in [-0.2, -0.15) is 0 Å². The van der Waals surface area contributed by atoms with Crippen LogP contribution in [0.2, 0.25) is 0 Å². The van der Waals surface area contributed by atoms with Crippen LogP contribution in [0.5, 0.6) is 0 Å². The van der Waals surface area contributed by atoms with Crippen LogP contribution in [-0.2, 0) is 57.2 Å². The van der Waals surface area contributed by atoms with Crippen LogP contribution in [0.15, 0.2) is 74.4 Å². The van der Waals surface area contributed by atoms with E-state index in [0.29, 0.717) is 56.4 Å². The molecule has 0 spiro atoms. The minimum Gasteiger partial charge on any atom is -0.463 e. The molecule has 0 aromatic heterocycles. The first-order valence-electron chi connectivity index (χ1n) is 26.8. The van der Waals surface area contributed by atoms with Crippen molar-refractivity contribution < 1.29 is 57.2 Å². The minimum atomic E-state index is -0.318. The highest BCUT2D eigenvalue weighted by molar-refractivity contribution is 5.87. The molecule has 12 nitrogen and oxygen atoms in total. The molecule has 0 aromatic rings. The van der Waals surface area contributed by atoms with Crippen molar-refractivity contribution in [3.05, 3.63) is 74.4 Å². The van der Waals surface area contributed by atoms with Crippen molar-refractivity contribution in [3.8, 4) is 0 Å². The Morgan fingerprint density at radius 2 is 0.437 bits per heavy atom. The molecule has 0 fully saturated rings. The number of rotatable bonds is 38. The lowest BCUT2D eigenvalue weighted by molar-refractivity contribution is -0.139. The Morgan fingerprint density at radius 1 is 0.282 bits per heavy atom. The summed E-state index contributed by atoms with van der Waals surface area (Å²) < 4.78 is 29.1. The van der Waals surface area contributed by atoms with Gasteiger partial charge in [-0.3, -0.25) is 0 Å². The molecule has 71 heavy (non-hydrogen) atoms.